The van der Waals surface area contributed by atoms with Crippen LogP contribution in [0.1, 0.15) is 136 Å². The second kappa shape index (κ2) is 16.3. The first kappa shape index (κ1) is 24.3. The summed E-state index contributed by atoms with van der Waals surface area (Å²) < 4.78 is 0. The van der Waals surface area contributed by atoms with Gasteiger partial charge in [-0.3, -0.25) is 5.01 Å². The Kier molecular flexibility index (Phi) is 14.7. The highest BCUT2D eigenvalue weighted by atomic mass is 15.7. The molecule has 0 amide bonds. The maximum absolute atomic E-state index is 3.27. The largest absolute Gasteiger partial charge is 0.310 e. The third kappa shape index (κ3) is 10.4. The fourth-order valence-corrected chi connectivity index (χ4v) is 4.42. The number of unbranched alkanes of at least 4 members (excludes halogenated alkanes) is 14. The van der Waals surface area contributed by atoms with Crippen LogP contribution in [-0.4, -0.2) is 10.5 Å². The van der Waals surface area contributed by atoms with Gasteiger partial charge in [0.2, 0.25) is 0 Å². The second-order valence-electron chi connectivity index (χ2n) is 8.57. The van der Waals surface area contributed by atoms with Crippen molar-refractivity contribution in [1.29, 1.82) is 0 Å². The monoisotopic (exact) mass is 379 g/mol. The van der Waals surface area contributed by atoms with Gasteiger partial charge in [0.15, 0.2) is 0 Å². The van der Waals surface area contributed by atoms with Gasteiger partial charge >= 0.3 is 0 Å². The van der Waals surface area contributed by atoms with Gasteiger partial charge in [-0.05, 0) is 19.3 Å². The van der Waals surface area contributed by atoms with Gasteiger partial charge in [0.25, 0.3) is 0 Å². The molecule has 1 aliphatic heterocycles. The fraction of sp³-hybridized carbons (Fsp3) is 0.917. The molecule has 0 aromatic heterocycles. The third-order valence-corrected chi connectivity index (χ3v) is 6.56. The molecule has 1 aliphatic rings. The Balaban J connectivity index is 1.90. The Bertz CT molecular complexity index is 350. The van der Waals surface area contributed by atoms with E-state index < -0.39 is 0 Å². The molecule has 3 heteroatoms. The Morgan fingerprint density at radius 1 is 0.630 bits per heavy atom. The topological polar surface area (TPSA) is 27.3 Å². The minimum Gasteiger partial charge on any atom is -0.310 e. The minimum absolute atomic E-state index is 0.274. The van der Waals surface area contributed by atoms with E-state index in [4.69, 9.17) is 0 Å². The van der Waals surface area contributed by atoms with Gasteiger partial charge in [-0.1, -0.05) is 117 Å². The lowest BCUT2D eigenvalue weighted by Crippen LogP contribution is -2.52. The van der Waals surface area contributed by atoms with Crippen LogP contribution in [0.5, 0.6) is 0 Å². The molecule has 0 atom stereocenters. The predicted octanol–water partition coefficient (Wildman–Crippen LogP) is 7.60. The average Bonchev–Trinajstić information content (AvgIpc) is 3.23. The molecule has 0 unspecified atom stereocenters. The molecule has 0 spiro atoms. The van der Waals surface area contributed by atoms with Crippen LogP contribution in [0.15, 0.2) is 12.4 Å². The van der Waals surface area contributed by atoms with E-state index in [1.54, 1.807) is 0 Å². The van der Waals surface area contributed by atoms with Crippen molar-refractivity contribution >= 4 is 0 Å². The van der Waals surface area contributed by atoms with E-state index in [1.165, 1.54) is 116 Å². The molecule has 0 aliphatic carbocycles. The summed E-state index contributed by atoms with van der Waals surface area (Å²) in [5, 5.41) is 2.29. The maximum atomic E-state index is 3.27. The van der Waals surface area contributed by atoms with E-state index in [0.717, 1.165) is 0 Å². The van der Waals surface area contributed by atoms with Crippen molar-refractivity contribution < 1.29 is 0 Å². The van der Waals surface area contributed by atoms with E-state index in [1.807, 2.05) is 6.20 Å². The highest BCUT2D eigenvalue weighted by Gasteiger charge is 2.32. The quantitative estimate of drug-likeness (QED) is 0.226. The van der Waals surface area contributed by atoms with Gasteiger partial charge in [0, 0.05) is 12.4 Å². The SMILES string of the molecule is CCCCCCCCCCCCCCCCCC(CC)(CC)N1C=CNN1. The Morgan fingerprint density at radius 3 is 1.44 bits per heavy atom. The Hall–Kier alpha value is -0.700. The normalized spacial score (nSPS) is 14.1. The van der Waals surface area contributed by atoms with E-state index in [2.05, 4.69) is 42.9 Å². The van der Waals surface area contributed by atoms with Crippen LogP contribution >= 0.6 is 0 Å². The summed E-state index contributed by atoms with van der Waals surface area (Å²) in [7, 11) is 0. The van der Waals surface area contributed by atoms with Gasteiger partial charge in [0.05, 0.1) is 5.54 Å². The predicted molar refractivity (Wildman–Crippen MR) is 120 cm³/mol. The average molecular weight is 380 g/mol. The van der Waals surface area contributed by atoms with Crippen molar-refractivity contribution in [3.63, 3.8) is 0 Å². The summed E-state index contributed by atoms with van der Waals surface area (Å²) in [6.45, 7) is 6.94. The second-order valence-corrected chi connectivity index (χ2v) is 8.57. The highest BCUT2D eigenvalue weighted by Crippen LogP contribution is 2.30. The first-order valence-corrected chi connectivity index (χ1v) is 12.3. The minimum atomic E-state index is 0.274. The summed E-state index contributed by atoms with van der Waals surface area (Å²) in [5.41, 5.74) is 6.64. The number of nitrogens with one attached hydrogen (secondary N) is 2. The van der Waals surface area contributed by atoms with Gasteiger partial charge in [0.1, 0.15) is 0 Å². The zero-order valence-corrected chi connectivity index (χ0v) is 18.8. The molecule has 160 valence electrons. The lowest BCUT2D eigenvalue weighted by atomic mass is 9.86. The number of nitrogens with zero attached hydrogens (tertiary/aromatic N) is 1. The molecule has 0 fully saturated rings. The van der Waals surface area contributed by atoms with Gasteiger partial charge in [-0.2, -0.15) is 0 Å². The van der Waals surface area contributed by atoms with Crippen LogP contribution in [0, 0.1) is 0 Å². The number of hydrogen-bond donors (Lipinski definition) is 2. The van der Waals surface area contributed by atoms with Crippen molar-refractivity contribution in [2.24, 2.45) is 0 Å². The van der Waals surface area contributed by atoms with E-state index in [0.29, 0.717) is 0 Å². The van der Waals surface area contributed by atoms with Gasteiger partial charge in [-0.25, -0.2) is 0 Å². The van der Waals surface area contributed by atoms with Crippen LogP contribution in [-0.2, 0) is 0 Å². The molecule has 1 rings (SSSR count). The van der Waals surface area contributed by atoms with Crippen LogP contribution in [0.2, 0.25) is 0 Å². The van der Waals surface area contributed by atoms with Crippen molar-refractivity contribution in [3.8, 4) is 0 Å². The highest BCUT2D eigenvalue weighted by molar-refractivity contribution is 4.96. The van der Waals surface area contributed by atoms with E-state index in [9.17, 15) is 0 Å². The summed E-state index contributed by atoms with van der Waals surface area (Å²) >= 11 is 0. The number of hydrazine groups is 2. The Labute approximate surface area is 170 Å². The van der Waals surface area contributed by atoms with Crippen molar-refractivity contribution in [3.05, 3.63) is 12.4 Å². The number of rotatable bonds is 19. The van der Waals surface area contributed by atoms with Gasteiger partial charge in [-0.15, -0.1) is 5.53 Å². The first-order chi connectivity index (χ1) is 13.3. The van der Waals surface area contributed by atoms with Crippen LogP contribution in [0.25, 0.3) is 0 Å². The molecule has 0 radical (unpaired) electrons. The lowest BCUT2D eigenvalue weighted by molar-refractivity contribution is 0.0681. The molecule has 1 heterocycles. The lowest BCUT2D eigenvalue weighted by Gasteiger charge is -2.40. The first-order valence-electron chi connectivity index (χ1n) is 12.3. The number of hydrogen-bond acceptors (Lipinski definition) is 3. The summed E-state index contributed by atoms with van der Waals surface area (Å²) in [5.74, 6) is 0. The smallest absolute Gasteiger partial charge is 0.0569 e. The zero-order chi connectivity index (χ0) is 19.6. The molecular formula is C24H49N3. The molecule has 0 aromatic carbocycles. The van der Waals surface area contributed by atoms with E-state index >= 15 is 0 Å². The van der Waals surface area contributed by atoms with Gasteiger partial charge < -0.3 is 5.43 Å². The van der Waals surface area contributed by atoms with Crippen LogP contribution in [0.3, 0.4) is 0 Å². The van der Waals surface area contributed by atoms with Crippen molar-refractivity contribution in [2.45, 2.75) is 142 Å². The molecule has 27 heavy (non-hydrogen) atoms. The molecular weight excluding hydrogens is 330 g/mol. The van der Waals surface area contributed by atoms with E-state index in [-0.39, 0.29) is 5.54 Å². The standard InChI is InChI=1S/C24H49N3/c1-4-7-8-9-10-11-12-13-14-15-16-17-18-19-20-21-24(5-2,6-3)27-23-22-25-26-27/h22-23,25-26H,4-21H2,1-3H3. The molecule has 2 N–H and O–H groups in total. The molecule has 0 saturated heterocycles. The van der Waals surface area contributed by atoms with Crippen LogP contribution < -0.4 is 11.0 Å². The Morgan fingerprint density at radius 2 is 1.07 bits per heavy atom. The van der Waals surface area contributed by atoms with Crippen molar-refractivity contribution in [1.82, 2.24) is 16.0 Å². The fourth-order valence-electron chi connectivity index (χ4n) is 4.42. The molecule has 3 nitrogen and oxygen atoms in total. The summed E-state index contributed by atoms with van der Waals surface area (Å²) in [6.07, 6.45) is 29.4. The summed E-state index contributed by atoms with van der Waals surface area (Å²) in [4.78, 5) is 0. The molecule has 0 bridgehead atoms. The zero-order valence-electron chi connectivity index (χ0n) is 18.8. The van der Waals surface area contributed by atoms with Crippen molar-refractivity contribution in [2.75, 3.05) is 0 Å². The molecule has 0 aromatic rings. The third-order valence-electron chi connectivity index (χ3n) is 6.56. The maximum Gasteiger partial charge on any atom is 0.0569 e. The molecule has 0 saturated carbocycles. The van der Waals surface area contributed by atoms with Crippen LogP contribution in [0.4, 0.5) is 0 Å². The summed E-state index contributed by atoms with van der Waals surface area (Å²) in [6, 6.07) is 0.